The van der Waals surface area contributed by atoms with Gasteiger partial charge in [0.2, 0.25) is 0 Å². The van der Waals surface area contributed by atoms with E-state index >= 15 is 0 Å². The molecule has 5 aliphatic rings. The number of nitrogens with one attached hydrogen (secondary N) is 1. The number of nitrogens with zero attached hydrogens (tertiary/aromatic N) is 1. The van der Waals surface area contributed by atoms with E-state index in [1.54, 1.807) is 0 Å². The number of aliphatic hydroxyl groups is 1. The summed E-state index contributed by atoms with van der Waals surface area (Å²) in [6.45, 7) is 22.3. The molecule has 1 heterocycles. The van der Waals surface area contributed by atoms with Gasteiger partial charge in [0, 0.05) is 37.2 Å². The van der Waals surface area contributed by atoms with Crippen molar-refractivity contribution < 1.29 is 18.3 Å². The first kappa shape index (κ1) is 36.7. The van der Waals surface area contributed by atoms with Crippen molar-refractivity contribution in [1.82, 2.24) is 10.2 Å². The van der Waals surface area contributed by atoms with E-state index in [-0.39, 0.29) is 42.4 Å². The Kier molecular flexibility index (Phi) is 11.9. The molecule has 2 saturated carbocycles. The molecular weight excluding hydrogens is 605 g/mol. The van der Waals surface area contributed by atoms with Crippen molar-refractivity contribution in [3.63, 3.8) is 0 Å². The summed E-state index contributed by atoms with van der Waals surface area (Å²) in [4.78, 5) is 2.11. The van der Waals surface area contributed by atoms with Crippen molar-refractivity contribution in [2.75, 3.05) is 13.6 Å². The van der Waals surface area contributed by atoms with E-state index < -0.39 is 24.4 Å². The minimum Gasteiger partial charge on any atom is -0.378 e. The molecule has 6 heteroatoms. The van der Waals surface area contributed by atoms with E-state index in [4.69, 9.17) is 6.58 Å². The molecule has 2 N–H and O–H groups in total. The summed E-state index contributed by atoms with van der Waals surface area (Å²) >= 11 is 0. The van der Waals surface area contributed by atoms with Crippen molar-refractivity contribution in [3.05, 3.63) is 96.3 Å². The molecule has 0 aromatic rings. The van der Waals surface area contributed by atoms with Crippen LogP contribution in [-0.4, -0.2) is 42.0 Å². The zero-order valence-electron chi connectivity index (χ0n) is 29.6. The summed E-state index contributed by atoms with van der Waals surface area (Å²) in [6, 6.07) is -0.417. The van der Waals surface area contributed by atoms with Crippen molar-refractivity contribution in [1.29, 1.82) is 0 Å². The molecule has 2 fully saturated rings. The number of rotatable bonds is 9. The number of alkyl halides is 3. The molecule has 4 aliphatic carbocycles. The van der Waals surface area contributed by atoms with Gasteiger partial charge in [-0.2, -0.15) is 13.2 Å². The van der Waals surface area contributed by atoms with Gasteiger partial charge in [0.25, 0.3) is 0 Å². The Morgan fingerprint density at radius 2 is 1.77 bits per heavy atom. The summed E-state index contributed by atoms with van der Waals surface area (Å²) in [5.41, 5.74) is 7.01. The van der Waals surface area contributed by atoms with Crippen LogP contribution >= 0.6 is 0 Å². The van der Waals surface area contributed by atoms with E-state index in [1.165, 1.54) is 24.0 Å². The monoisotopic (exact) mass is 664 g/mol. The van der Waals surface area contributed by atoms with Crippen LogP contribution < -0.4 is 5.32 Å². The highest BCUT2D eigenvalue weighted by atomic mass is 19.4. The van der Waals surface area contributed by atoms with Gasteiger partial charge in [0.15, 0.2) is 0 Å². The Morgan fingerprint density at radius 1 is 1.04 bits per heavy atom. The van der Waals surface area contributed by atoms with E-state index in [9.17, 15) is 18.3 Å². The summed E-state index contributed by atoms with van der Waals surface area (Å²) in [6.07, 6.45) is 16.8. The number of likely N-dealkylation sites (N-methyl/N-ethyl adjacent to an activating group) is 1. The maximum Gasteiger partial charge on any atom is 0.391 e. The number of aliphatic hydroxyl groups excluding tert-OH is 1. The minimum absolute atomic E-state index is 0.00746. The van der Waals surface area contributed by atoms with Crippen LogP contribution in [0.3, 0.4) is 0 Å². The first-order chi connectivity index (χ1) is 22.7. The highest BCUT2D eigenvalue weighted by Gasteiger charge is 2.45. The van der Waals surface area contributed by atoms with Crippen LogP contribution in [0.25, 0.3) is 0 Å². The molecular formula is C42H59F3N2O. The quantitative estimate of drug-likeness (QED) is 0.146. The maximum absolute atomic E-state index is 14.1. The van der Waals surface area contributed by atoms with E-state index in [2.05, 4.69) is 61.2 Å². The van der Waals surface area contributed by atoms with E-state index in [1.807, 2.05) is 26.1 Å². The van der Waals surface area contributed by atoms with Crippen LogP contribution in [0.15, 0.2) is 96.3 Å². The zero-order chi connectivity index (χ0) is 34.7. The first-order valence-corrected chi connectivity index (χ1v) is 18.4. The lowest BCUT2D eigenvalue weighted by Crippen LogP contribution is -2.48. The van der Waals surface area contributed by atoms with Gasteiger partial charge in [-0.25, -0.2) is 0 Å². The lowest BCUT2D eigenvalue weighted by molar-refractivity contribution is -0.187. The fourth-order valence-electron chi connectivity index (χ4n) is 9.35. The first-order valence-electron chi connectivity index (χ1n) is 18.4. The molecule has 9 atom stereocenters. The summed E-state index contributed by atoms with van der Waals surface area (Å²) in [5, 5.41) is 14.8. The van der Waals surface area contributed by atoms with Gasteiger partial charge in [-0.05, 0) is 136 Å². The number of hydrogen-bond acceptors (Lipinski definition) is 3. The third-order valence-electron chi connectivity index (χ3n) is 12.5. The van der Waals surface area contributed by atoms with Crippen molar-refractivity contribution >= 4 is 0 Å². The maximum atomic E-state index is 14.1. The van der Waals surface area contributed by atoms with Crippen molar-refractivity contribution in [3.8, 4) is 0 Å². The topological polar surface area (TPSA) is 35.5 Å². The van der Waals surface area contributed by atoms with Crippen LogP contribution in [0, 0.1) is 47.3 Å². The normalized spacial score (nSPS) is 35.2. The van der Waals surface area contributed by atoms with Crippen LogP contribution in [0.4, 0.5) is 13.2 Å². The second-order valence-corrected chi connectivity index (χ2v) is 15.8. The largest absolute Gasteiger partial charge is 0.391 e. The Morgan fingerprint density at radius 3 is 2.42 bits per heavy atom. The highest BCUT2D eigenvalue weighted by molar-refractivity contribution is 5.41. The van der Waals surface area contributed by atoms with Crippen molar-refractivity contribution in [2.45, 2.75) is 103 Å². The van der Waals surface area contributed by atoms with Gasteiger partial charge >= 0.3 is 6.18 Å². The fraction of sp³-hybridized carbons (Fsp3) is 0.619. The SMILES string of the molecule is C=CC(=C)C1CCC(C2CCC(=C)CC2)CC=C1C(=C)C1CC(C(O)NC2CC(C=C3C=C(C)N(C)C3)CC(C(F)(F)F)C2)C=CC1C. The summed E-state index contributed by atoms with van der Waals surface area (Å²) in [7, 11) is 2.00. The molecule has 0 spiro atoms. The molecule has 48 heavy (non-hydrogen) atoms. The average molecular weight is 665 g/mol. The smallest absolute Gasteiger partial charge is 0.378 e. The zero-order valence-corrected chi connectivity index (χ0v) is 29.6. The molecule has 0 aromatic carbocycles. The molecule has 0 saturated heterocycles. The summed E-state index contributed by atoms with van der Waals surface area (Å²) < 4.78 is 42.3. The molecule has 0 radical (unpaired) electrons. The summed E-state index contributed by atoms with van der Waals surface area (Å²) in [5.74, 6) is 0.137. The lowest BCUT2D eigenvalue weighted by atomic mass is 9.70. The highest BCUT2D eigenvalue weighted by Crippen LogP contribution is 2.46. The van der Waals surface area contributed by atoms with Crippen LogP contribution in [0.1, 0.15) is 84.5 Å². The lowest BCUT2D eigenvalue weighted by Gasteiger charge is -2.39. The molecule has 0 amide bonds. The predicted octanol–water partition coefficient (Wildman–Crippen LogP) is 10.2. The number of allylic oxidation sites excluding steroid dienone is 9. The molecule has 0 aromatic heterocycles. The Bertz CT molecular complexity index is 1340. The minimum atomic E-state index is -4.26. The van der Waals surface area contributed by atoms with E-state index in [0.29, 0.717) is 18.8 Å². The Balaban J connectivity index is 1.28. The molecule has 264 valence electrons. The Hall–Kier alpha value is -2.57. The third kappa shape index (κ3) is 8.77. The fourth-order valence-corrected chi connectivity index (χ4v) is 9.35. The van der Waals surface area contributed by atoms with Gasteiger partial charge < -0.3 is 10.0 Å². The molecule has 0 bridgehead atoms. The van der Waals surface area contributed by atoms with E-state index in [0.717, 1.165) is 67.0 Å². The van der Waals surface area contributed by atoms with Gasteiger partial charge in [-0.15, -0.1) is 0 Å². The second kappa shape index (κ2) is 15.5. The standard InChI is InChI=1S/C42H59F3N2O/c1-8-27(3)38-17-15-34(33-12-9-26(2)10-13-33)16-18-39(38)30(6)40-23-35(14-11-28(40)4)41(48)46-37-22-31(21-36(24-37)42(43,44)45)20-32-19-29(5)47(7)25-32/h8,11,14,18-20,28,31,33-38,40-41,46,48H,1-3,6,9-10,12-13,15-17,21-25H2,4-5,7H3. The molecule has 9 unspecified atom stereocenters. The molecule has 5 rings (SSSR count). The van der Waals surface area contributed by atoms with Gasteiger partial charge in [0.1, 0.15) is 6.23 Å². The molecule has 3 nitrogen and oxygen atoms in total. The molecule has 1 aliphatic heterocycles. The van der Waals surface area contributed by atoms with Gasteiger partial charge in [0.05, 0.1) is 5.92 Å². The second-order valence-electron chi connectivity index (χ2n) is 15.8. The predicted molar refractivity (Wildman–Crippen MR) is 193 cm³/mol. The Labute approximate surface area is 288 Å². The van der Waals surface area contributed by atoms with Crippen LogP contribution in [0.5, 0.6) is 0 Å². The average Bonchev–Trinajstić information content (AvgIpc) is 3.21. The van der Waals surface area contributed by atoms with Gasteiger partial charge in [-0.3, -0.25) is 5.32 Å². The van der Waals surface area contributed by atoms with Crippen LogP contribution in [0.2, 0.25) is 0 Å². The third-order valence-corrected chi connectivity index (χ3v) is 12.5. The van der Waals surface area contributed by atoms with Crippen LogP contribution in [-0.2, 0) is 0 Å². The van der Waals surface area contributed by atoms with Crippen molar-refractivity contribution in [2.24, 2.45) is 47.3 Å². The van der Waals surface area contributed by atoms with Gasteiger partial charge in [-0.1, -0.05) is 69.2 Å². The number of halogens is 3. The number of hydrogen-bond donors (Lipinski definition) is 2.